The summed E-state index contributed by atoms with van der Waals surface area (Å²) in [5, 5.41) is 6.87. The maximum Gasteiger partial charge on any atom is 0.119 e. The van der Waals surface area contributed by atoms with E-state index in [1.807, 2.05) is 48.5 Å². The van der Waals surface area contributed by atoms with Crippen molar-refractivity contribution in [1.29, 1.82) is 0 Å². The minimum absolute atomic E-state index is 0.849. The molecule has 0 radical (unpaired) electrons. The molecule has 31 heavy (non-hydrogen) atoms. The molecule has 4 rings (SSSR count). The Morgan fingerprint density at radius 1 is 0.581 bits per heavy atom. The molecule has 0 spiro atoms. The number of benzene rings is 3. The van der Waals surface area contributed by atoms with Crippen molar-refractivity contribution in [2.45, 2.75) is 6.42 Å². The Morgan fingerprint density at radius 3 is 1.65 bits per heavy atom. The van der Waals surface area contributed by atoms with Crippen molar-refractivity contribution >= 4 is 22.6 Å². The molecule has 3 aromatic carbocycles. The van der Waals surface area contributed by atoms with Crippen LogP contribution in [0.1, 0.15) is 12.0 Å². The van der Waals surface area contributed by atoms with Crippen molar-refractivity contribution in [3.63, 3.8) is 0 Å². The number of allylic oxidation sites excluding steroid dienone is 5. The molecule has 1 aliphatic carbocycles. The van der Waals surface area contributed by atoms with Gasteiger partial charge in [-0.05, 0) is 84.3 Å². The predicted molar refractivity (Wildman–Crippen MR) is 129 cm³/mol. The Bertz CT molecular complexity index is 1090. The average Bonchev–Trinajstić information content (AvgIpc) is 3.06. The molecule has 4 nitrogen and oxygen atoms in total. The van der Waals surface area contributed by atoms with Gasteiger partial charge in [-0.25, -0.2) is 0 Å². The highest BCUT2D eigenvalue weighted by molar-refractivity contribution is 5.77. The summed E-state index contributed by atoms with van der Waals surface area (Å²) in [5.74, 6) is 1.70. The number of ether oxygens (including phenoxy) is 2. The van der Waals surface area contributed by atoms with Crippen molar-refractivity contribution < 1.29 is 9.47 Å². The zero-order valence-corrected chi connectivity index (χ0v) is 17.8. The highest BCUT2D eigenvalue weighted by atomic mass is 16.5. The predicted octanol–water partition coefficient (Wildman–Crippen LogP) is 6.79. The van der Waals surface area contributed by atoms with Gasteiger partial charge in [0, 0.05) is 22.8 Å². The summed E-state index contributed by atoms with van der Waals surface area (Å²) < 4.78 is 10.4. The zero-order valence-electron chi connectivity index (χ0n) is 17.8. The fraction of sp³-hybridized carbons (Fsp3) is 0.111. The minimum atomic E-state index is 0.849. The zero-order chi connectivity index (χ0) is 21.5. The molecule has 0 saturated heterocycles. The smallest absolute Gasteiger partial charge is 0.119 e. The Balaban J connectivity index is 1.39. The molecule has 4 heteroatoms. The molecule has 3 aromatic rings. The van der Waals surface area contributed by atoms with Gasteiger partial charge >= 0.3 is 0 Å². The molecule has 0 atom stereocenters. The van der Waals surface area contributed by atoms with Crippen LogP contribution < -0.4 is 20.1 Å². The lowest BCUT2D eigenvalue weighted by Gasteiger charge is -2.09. The molecule has 156 valence electrons. The van der Waals surface area contributed by atoms with Gasteiger partial charge in [0.2, 0.25) is 0 Å². The largest absolute Gasteiger partial charge is 0.497 e. The first kappa shape index (κ1) is 20.4. The third-order valence-electron chi connectivity index (χ3n) is 5.09. The second kappa shape index (κ2) is 9.72. The second-order valence-electron chi connectivity index (χ2n) is 7.17. The Hall–Kier alpha value is -3.92. The number of rotatable bonds is 7. The monoisotopic (exact) mass is 410 g/mol. The van der Waals surface area contributed by atoms with E-state index >= 15 is 0 Å². The highest BCUT2D eigenvalue weighted by Crippen LogP contribution is 2.25. The van der Waals surface area contributed by atoms with Crippen LogP contribution in [0.15, 0.2) is 103 Å². The summed E-state index contributed by atoms with van der Waals surface area (Å²) in [6.45, 7) is 0. The summed E-state index contributed by atoms with van der Waals surface area (Å²) in [6, 6.07) is 24.3. The van der Waals surface area contributed by atoms with Gasteiger partial charge < -0.3 is 20.1 Å². The van der Waals surface area contributed by atoms with E-state index in [9.17, 15) is 0 Å². The van der Waals surface area contributed by atoms with Crippen LogP contribution in [0.2, 0.25) is 0 Å². The van der Waals surface area contributed by atoms with Gasteiger partial charge in [0.05, 0.1) is 14.2 Å². The third-order valence-corrected chi connectivity index (χ3v) is 5.09. The highest BCUT2D eigenvalue weighted by Gasteiger charge is 2.04. The molecule has 0 heterocycles. The fourth-order valence-corrected chi connectivity index (χ4v) is 3.36. The van der Waals surface area contributed by atoms with Crippen molar-refractivity contribution in [2.24, 2.45) is 0 Å². The first-order valence-electron chi connectivity index (χ1n) is 10.2. The molecule has 0 aromatic heterocycles. The molecule has 0 unspecified atom stereocenters. The SMILES string of the molecule is COc1ccc(NC2=CCC=C(c3ccc(Nc4ccc(OC)cc4)cc3)C=C2)cc1. The topological polar surface area (TPSA) is 42.5 Å². The van der Waals surface area contributed by atoms with E-state index in [4.69, 9.17) is 9.47 Å². The standard InChI is InChI=1S/C27H26N2O2/c1-30-26-16-12-24(13-17-26)28-22-5-3-4-20(6-9-22)21-7-10-23(11-8-21)29-25-14-18-27(31-2)19-15-25/h4-19,28-29H,3H2,1-2H3. The van der Waals surface area contributed by atoms with Gasteiger partial charge in [-0.15, -0.1) is 0 Å². The van der Waals surface area contributed by atoms with E-state index in [1.165, 1.54) is 11.1 Å². The van der Waals surface area contributed by atoms with Gasteiger partial charge in [-0.1, -0.05) is 30.4 Å². The molecule has 0 saturated carbocycles. The van der Waals surface area contributed by atoms with Crippen LogP contribution >= 0.6 is 0 Å². The van der Waals surface area contributed by atoms with E-state index < -0.39 is 0 Å². The number of methoxy groups -OCH3 is 2. The van der Waals surface area contributed by atoms with E-state index in [0.717, 1.165) is 40.7 Å². The number of nitrogens with one attached hydrogen (secondary N) is 2. The van der Waals surface area contributed by atoms with Crippen molar-refractivity contribution in [1.82, 2.24) is 0 Å². The van der Waals surface area contributed by atoms with E-state index in [-0.39, 0.29) is 0 Å². The summed E-state index contributed by atoms with van der Waals surface area (Å²) in [6.07, 6.45) is 9.57. The lowest BCUT2D eigenvalue weighted by molar-refractivity contribution is 0.415. The van der Waals surface area contributed by atoms with E-state index in [0.29, 0.717) is 0 Å². The summed E-state index contributed by atoms with van der Waals surface area (Å²) >= 11 is 0. The van der Waals surface area contributed by atoms with Crippen LogP contribution in [-0.4, -0.2) is 14.2 Å². The number of hydrogen-bond acceptors (Lipinski definition) is 4. The molecule has 1 aliphatic rings. The molecule has 0 bridgehead atoms. The summed E-state index contributed by atoms with van der Waals surface area (Å²) in [4.78, 5) is 0. The third kappa shape index (κ3) is 5.37. The van der Waals surface area contributed by atoms with Gasteiger partial charge in [-0.3, -0.25) is 0 Å². The molecular formula is C27H26N2O2. The normalized spacial score (nSPS) is 13.0. The lowest BCUT2D eigenvalue weighted by atomic mass is 10.0. The minimum Gasteiger partial charge on any atom is -0.497 e. The molecule has 2 N–H and O–H groups in total. The van der Waals surface area contributed by atoms with Gasteiger partial charge in [0.25, 0.3) is 0 Å². The van der Waals surface area contributed by atoms with Crippen LogP contribution in [0.4, 0.5) is 17.1 Å². The van der Waals surface area contributed by atoms with Crippen LogP contribution in [0.3, 0.4) is 0 Å². The summed E-state index contributed by atoms with van der Waals surface area (Å²) in [5.41, 5.74) is 6.59. The fourth-order valence-electron chi connectivity index (χ4n) is 3.36. The van der Waals surface area contributed by atoms with Crippen LogP contribution in [0.5, 0.6) is 11.5 Å². The second-order valence-corrected chi connectivity index (χ2v) is 7.17. The summed E-state index contributed by atoms with van der Waals surface area (Å²) in [7, 11) is 3.35. The van der Waals surface area contributed by atoms with E-state index in [2.05, 4.69) is 59.2 Å². The van der Waals surface area contributed by atoms with Gasteiger partial charge in [-0.2, -0.15) is 0 Å². The van der Waals surface area contributed by atoms with Crippen molar-refractivity contribution in [2.75, 3.05) is 24.9 Å². The van der Waals surface area contributed by atoms with Crippen LogP contribution in [0.25, 0.3) is 5.57 Å². The molecule has 0 aliphatic heterocycles. The van der Waals surface area contributed by atoms with Crippen molar-refractivity contribution in [3.8, 4) is 11.5 Å². The van der Waals surface area contributed by atoms with Crippen LogP contribution in [-0.2, 0) is 0 Å². The van der Waals surface area contributed by atoms with Gasteiger partial charge in [0.1, 0.15) is 11.5 Å². The van der Waals surface area contributed by atoms with Gasteiger partial charge in [0.15, 0.2) is 0 Å². The maximum atomic E-state index is 5.22. The molecular weight excluding hydrogens is 384 g/mol. The van der Waals surface area contributed by atoms with E-state index in [1.54, 1.807) is 14.2 Å². The molecule has 0 amide bonds. The number of anilines is 3. The quantitative estimate of drug-likeness (QED) is 0.450. The molecule has 0 fully saturated rings. The average molecular weight is 411 g/mol. The Morgan fingerprint density at radius 2 is 1.10 bits per heavy atom. The first-order chi connectivity index (χ1) is 15.2. The Kier molecular flexibility index (Phi) is 6.38. The first-order valence-corrected chi connectivity index (χ1v) is 10.2. The number of hydrogen-bond donors (Lipinski definition) is 2. The van der Waals surface area contributed by atoms with Crippen LogP contribution in [0, 0.1) is 0 Å². The Labute approximate surface area is 183 Å². The maximum absolute atomic E-state index is 5.22. The lowest BCUT2D eigenvalue weighted by Crippen LogP contribution is -1.96. The van der Waals surface area contributed by atoms with Crippen molar-refractivity contribution in [3.05, 3.63) is 108 Å².